The highest BCUT2D eigenvalue weighted by Crippen LogP contribution is 2.35. The van der Waals surface area contributed by atoms with Crippen LogP contribution in [0.2, 0.25) is 0 Å². The molecule has 0 atom stereocenters. The Kier molecular flexibility index (Phi) is 4.58. The largest absolute Gasteiger partial charge is 0.508 e. The van der Waals surface area contributed by atoms with Crippen molar-refractivity contribution in [1.29, 1.82) is 0 Å². The van der Waals surface area contributed by atoms with E-state index in [9.17, 15) is 19.1 Å². The summed E-state index contributed by atoms with van der Waals surface area (Å²) in [6.45, 7) is 1.63. The first kappa shape index (κ1) is 17.4. The van der Waals surface area contributed by atoms with Gasteiger partial charge in [0.15, 0.2) is 0 Å². The highest BCUT2D eigenvalue weighted by atomic mass is 19.1. The Balaban J connectivity index is 2.12. The number of nitrogens with zero attached hydrogens (tertiary/aromatic N) is 1. The van der Waals surface area contributed by atoms with Gasteiger partial charge in [-0.1, -0.05) is 12.1 Å². The smallest absolute Gasteiger partial charge is 0.340 e. The second kappa shape index (κ2) is 6.84. The van der Waals surface area contributed by atoms with Gasteiger partial charge in [-0.05, 0) is 55.0 Å². The van der Waals surface area contributed by atoms with Gasteiger partial charge >= 0.3 is 5.97 Å². The number of methoxy groups -OCH3 is 1. The van der Waals surface area contributed by atoms with Crippen LogP contribution in [-0.2, 0) is 14.3 Å². The SMILES string of the molecule is COC(=O)C1=C(C)N(c2ccc(F)cc2)C(=O)/C1=C\c1ccc(O)cc1. The van der Waals surface area contributed by atoms with E-state index < -0.39 is 17.7 Å². The molecule has 0 bridgehead atoms. The lowest BCUT2D eigenvalue weighted by Crippen LogP contribution is -2.24. The van der Waals surface area contributed by atoms with Crippen LogP contribution in [0, 0.1) is 5.82 Å². The molecule has 0 unspecified atom stereocenters. The van der Waals surface area contributed by atoms with Crippen molar-refractivity contribution >= 4 is 23.6 Å². The first-order valence-corrected chi connectivity index (χ1v) is 7.82. The predicted molar refractivity (Wildman–Crippen MR) is 94.7 cm³/mol. The molecule has 0 aliphatic carbocycles. The zero-order valence-corrected chi connectivity index (χ0v) is 14.2. The van der Waals surface area contributed by atoms with Crippen LogP contribution in [0.4, 0.5) is 10.1 Å². The number of amides is 1. The summed E-state index contributed by atoms with van der Waals surface area (Å²) in [5.74, 6) is -1.37. The summed E-state index contributed by atoms with van der Waals surface area (Å²) in [5.41, 5.74) is 1.81. The van der Waals surface area contributed by atoms with E-state index >= 15 is 0 Å². The molecule has 1 amide bonds. The second-order valence-electron chi connectivity index (χ2n) is 5.72. The highest BCUT2D eigenvalue weighted by molar-refractivity contribution is 6.23. The molecule has 3 rings (SSSR count). The summed E-state index contributed by atoms with van der Waals surface area (Å²) in [7, 11) is 1.24. The van der Waals surface area contributed by atoms with Gasteiger partial charge in [-0.2, -0.15) is 0 Å². The van der Waals surface area contributed by atoms with Crippen LogP contribution in [0.15, 0.2) is 65.4 Å². The third-order valence-electron chi connectivity index (χ3n) is 4.08. The number of carbonyl (C=O) groups is 2. The van der Waals surface area contributed by atoms with Crippen molar-refractivity contribution in [2.75, 3.05) is 12.0 Å². The molecule has 0 spiro atoms. The van der Waals surface area contributed by atoms with Gasteiger partial charge in [0.25, 0.3) is 5.91 Å². The minimum absolute atomic E-state index is 0.0951. The van der Waals surface area contributed by atoms with Crippen LogP contribution in [0.1, 0.15) is 12.5 Å². The lowest BCUT2D eigenvalue weighted by atomic mass is 10.0. The first-order chi connectivity index (χ1) is 12.4. The van der Waals surface area contributed by atoms with Crippen molar-refractivity contribution in [3.63, 3.8) is 0 Å². The lowest BCUT2D eigenvalue weighted by molar-refractivity contribution is -0.136. The molecule has 5 nitrogen and oxygen atoms in total. The Bertz CT molecular complexity index is 927. The number of hydrogen-bond donors (Lipinski definition) is 1. The Hall–Kier alpha value is -3.41. The fourth-order valence-corrected chi connectivity index (χ4v) is 2.82. The van der Waals surface area contributed by atoms with Crippen LogP contribution in [0.3, 0.4) is 0 Å². The molecule has 0 fully saturated rings. The van der Waals surface area contributed by atoms with E-state index in [2.05, 4.69) is 0 Å². The maximum absolute atomic E-state index is 13.2. The number of esters is 1. The van der Waals surface area contributed by atoms with Gasteiger partial charge in [0.2, 0.25) is 0 Å². The number of phenols is 1. The molecule has 1 heterocycles. The molecule has 1 aliphatic rings. The van der Waals surface area contributed by atoms with Crippen molar-refractivity contribution in [2.45, 2.75) is 6.92 Å². The summed E-state index contributed by atoms with van der Waals surface area (Å²) >= 11 is 0. The molecule has 1 N–H and O–H groups in total. The topological polar surface area (TPSA) is 66.8 Å². The fraction of sp³-hybridized carbons (Fsp3) is 0.100. The fourth-order valence-electron chi connectivity index (χ4n) is 2.82. The van der Waals surface area contributed by atoms with Gasteiger partial charge in [0.1, 0.15) is 11.6 Å². The van der Waals surface area contributed by atoms with Gasteiger partial charge in [-0.15, -0.1) is 0 Å². The molecule has 2 aromatic carbocycles. The molecule has 132 valence electrons. The molecule has 0 saturated carbocycles. The van der Waals surface area contributed by atoms with Crippen molar-refractivity contribution in [1.82, 2.24) is 0 Å². The summed E-state index contributed by atoms with van der Waals surface area (Å²) in [6.07, 6.45) is 1.56. The Labute approximate surface area is 149 Å². The van der Waals surface area contributed by atoms with Gasteiger partial charge in [0, 0.05) is 11.4 Å². The predicted octanol–water partition coefficient (Wildman–Crippen LogP) is 3.41. The average Bonchev–Trinajstić information content (AvgIpc) is 2.87. The summed E-state index contributed by atoms with van der Waals surface area (Å²) < 4.78 is 18.0. The molecule has 26 heavy (non-hydrogen) atoms. The minimum atomic E-state index is -0.634. The number of benzene rings is 2. The molecule has 0 aromatic heterocycles. The minimum Gasteiger partial charge on any atom is -0.508 e. The number of aromatic hydroxyl groups is 1. The van der Waals surface area contributed by atoms with Crippen LogP contribution < -0.4 is 4.90 Å². The van der Waals surface area contributed by atoms with Gasteiger partial charge in [0.05, 0.1) is 18.3 Å². The monoisotopic (exact) mass is 353 g/mol. The van der Waals surface area contributed by atoms with Crippen LogP contribution in [-0.4, -0.2) is 24.1 Å². The third kappa shape index (κ3) is 3.09. The van der Waals surface area contributed by atoms with E-state index in [0.717, 1.165) is 0 Å². The van der Waals surface area contributed by atoms with Crippen molar-refractivity contribution in [3.05, 3.63) is 76.8 Å². The summed E-state index contributed by atoms with van der Waals surface area (Å²) in [6, 6.07) is 11.6. The zero-order valence-electron chi connectivity index (χ0n) is 14.2. The van der Waals surface area contributed by atoms with Gasteiger partial charge in [-0.25, -0.2) is 9.18 Å². The standard InChI is InChI=1S/C20H16FNO4/c1-12-18(20(25)26-2)17(11-13-3-9-16(23)10-4-13)19(24)22(12)15-7-5-14(21)6-8-15/h3-11,23H,1-2H3/b17-11-. The summed E-state index contributed by atoms with van der Waals surface area (Å²) in [5, 5.41) is 9.39. The molecule has 0 radical (unpaired) electrons. The number of ether oxygens (including phenoxy) is 1. The van der Waals surface area contributed by atoms with Crippen LogP contribution in [0.5, 0.6) is 5.75 Å². The number of carbonyl (C=O) groups excluding carboxylic acids is 2. The van der Waals surface area contributed by atoms with E-state index in [1.54, 1.807) is 25.1 Å². The molecule has 0 saturated heterocycles. The van der Waals surface area contributed by atoms with Crippen molar-refractivity contribution in [2.24, 2.45) is 0 Å². The molecule has 2 aromatic rings. The maximum Gasteiger partial charge on any atom is 0.340 e. The van der Waals surface area contributed by atoms with Gasteiger partial charge in [-0.3, -0.25) is 9.69 Å². The Morgan fingerprint density at radius 1 is 1.12 bits per heavy atom. The number of rotatable bonds is 3. The van der Waals surface area contributed by atoms with Crippen LogP contribution >= 0.6 is 0 Å². The highest BCUT2D eigenvalue weighted by Gasteiger charge is 2.37. The van der Waals surface area contributed by atoms with Crippen LogP contribution in [0.25, 0.3) is 6.08 Å². The Morgan fingerprint density at radius 3 is 2.31 bits per heavy atom. The van der Waals surface area contributed by atoms with E-state index in [4.69, 9.17) is 4.74 Å². The van der Waals surface area contributed by atoms with E-state index in [0.29, 0.717) is 16.9 Å². The lowest BCUT2D eigenvalue weighted by Gasteiger charge is -2.17. The van der Waals surface area contributed by atoms with E-state index in [-0.39, 0.29) is 16.9 Å². The molecule has 1 aliphatic heterocycles. The van der Waals surface area contributed by atoms with E-state index in [1.165, 1.54) is 48.4 Å². The summed E-state index contributed by atoms with van der Waals surface area (Å²) in [4.78, 5) is 26.6. The quantitative estimate of drug-likeness (QED) is 0.678. The first-order valence-electron chi connectivity index (χ1n) is 7.82. The molecular weight excluding hydrogens is 337 g/mol. The molecule has 6 heteroatoms. The van der Waals surface area contributed by atoms with E-state index in [1.807, 2.05) is 0 Å². The normalized spacial score (nSPS) is 15.7. The molecular formula is C20H16FNO4. The number of phenolic OH excluding ortho intramolecular Hbond substituents is 1. The van der Waals surface area contributed by atoms with Crippen molar-refractivity contribution in [3.8, 4) is 5.75 Å². The number of anilines is 1. The van der Waals surface area contributed by atoms with Gasteiger partial charge < -0.3 is 9.84 Å². The Morgan fingerprint density at radius 2 is 1.73 bits per heavy atom. The number of hydrogen-bond acceptors (Lipinski definition) is 4. The average molecular weight is 353 g/mol. The number of halogens is 1. The number of allylic oxidation sites excluding steroid dienone is 1. The maximum atomic E-state index is 13.2. The second-order valence-corrected chi connectivity index (χ2v) is 5.72. The third-order valence-corrected chi connectivity index (χ3v) is 4.08. The van der Waals surface area contributed by atoms with Crippen molar-refractivity contribution < 1.29 is 23.8 Å². The zero-order chi connectivity index (χ0) is 18.8.